The van der Waals surface area contributed by atoms with Gasteiger partial charge in [0.1, 0.15) is 0 Å². The number of carbonyl (C=O) groups excluding carboxylic acids is 1. The quantitative estimate of drug-likeness (QED) is 0.567. The van der Waals surface area contributed by atoms with Crippen molar-refractivity contribution >= 4 is 5.91 Å². The number of nitrogens with two attached hydrogens (primary N) is 1. The van der Waals surface area contributed by atoms with Gasteiger partial charge in [0, 0.05) is 19.2 Å². The standard InChI is InChI=1S/C9H18N2O3/c1-2-13-4-3-11-9(12)7-5-14-6-8(7)10/h7-8H,2-6,10H2,1H3,(H,11,12). The zero-order valence-corrected chi connectivity index (χ0v) is 8.49. The molecule has 1 heterocycles. The second-order valence-electron chi connectivity index (χ2n) is 3.30. The highest BCUT2D eigenvalue weighted by Crippen LogP contribution is 2.10. The summed E-state index contributed by atoms with van der Waals surface area (Å²) in [7, 11) is 0. The van der Waals surface area contributed by atoms with Crippen molar-refractivity contribution in [3.63, 3.8) is 0 Å². The van der Waals surface area contributed by atoms with Gasteiger partial charge in [-0.2, -0.15) is 0 Å². The van der Waals surface area contributed by atoms with E-state index in [0.717, 1.165) is 0 Å². The summed E-state index contributed by atoms with van der Waals surface area (Å²) in [6, 6.07) is -0.165. The summed E-state index contributed by atoms with van der Waals surface area (Å²) in [5.41, 5.74) is 5.69. The van der Waals surface area contributed by atoms with Gasteiger partial charge in [0.2, 0.25) is 5.91 Å². The maximum Gasteiger partial charge on any atom is 0.227 e. The molecule has 0 aromatic rings. The number of ether oxygens (including phenoxy) is 2. The molecule has 1 saturated heterocycles. The molecule has 0 spiro atoms. The van der Waals surface area contributed by atoms with Gasteiger partial charge in [0.15, 0.2) is 0 Å². The molecule has 5 heteroatoms. The summed E-state index contributed by atoms with van der Waals surface area (Å²) in [5, 5.41) is 2.77. The van der Waals surface area contributed by atoms with Crippen molar-refractivity contribution in [2.75, 3.05) is 33.0 Å². The van der Waals surface area contributed by atoms with Gasteiger partial charge in [-0.15, -0.1) is 0 Å². The van der Waals surface area contributed by atoms with E-state index in [-0.39, 0.29) is 17.9 Å². The molecule has 82 valence electrons. The van der Waals surface area contributed by atoms with E-state index in [4.69, 9.17) is 15.2 Å². The van der Waals surface area contributed by atoms with Gasteiger partial charge in [-0.1, -0.05) is 0 Å². The summed E-state index contributed by atoms with van der Waals surface area (Å²) in [6.45, 7) is 4.58. The molecular formula is C9H18N2O3. The number of hydrogen-bond donors (Lipinski definition) is 2. The van der Waals surface area contributed by atoms with E-state index in [9.17, 15) is 4.79 Å². The van der Waals surface area contributed by atoms with Crippen LogP contribution in [0.2, 0.25) is 0 Å². The molecule has 2 unspecified atom stereocenters. The van der Waals surface area contributed by atoms with Crippen molar-refractivity contribution in [1.29, 1.82) is 0 Å². The largest absolute Gasteiger partial charge is 0.380 e. The van der Waals surface area contributed by atoms with Gasteiger partial charge >= 0.3 is 0 Å². The molecular weight excluding hydrogens is 184 g/mol. The topological polar surface area (TPSA) is 73.6 Å². The normalized spacial score (nSPS) is 26.4. The molecule has 3 N–H and O–H groups in total. The molecule has 1 fully saturated rings. The van der Waals surface area contributed by atoms with E-state index < -0.39 is 0 Å². The third kappa shape index (κ3) is 3.25. The fourth-order valence-electron chi connectivity index (χ4n) is 1.36. The Balaban J connectivity index is 2.14. The average molecular weight is 202 g/mol. The van der Waals surface area contributed by atoms with Crippen LogP contribution in [0.5, 0.6) is 0 Å². The number of hydrogen-bond acceptors (Lipinski definition) is 4. The molecule has 0 aromatic carbocycles. The highest BCUT2D eigenvalue weighted by molar-refractivity contribution is 5.79. The molecule has 2 atom stereocenters. The number of nitrogens with one attached hydrogen (secondary N) is 1. The number of amides is 1. The highest BCUT2D eigenvalue weighted by atomic mass is 16.5. The van der Waals surface area contributed by atoms with E-state index >= 15 is 0 Å². The van der Waals surface area contributed by atoms with E-state index in [1.165, 1.54) is 0 Å². The van der Waals surface area contributed by atoms with Crippen molar-refractivity contribution in [2.24, 2.45) is 11.7 Å². The van der Waals surface area contributed by atoms with Gasteiger partial charge in [-0.3, -0.25) is 4.79 Å². The number of carbonyl (C=O) groups is 1. The number of rotatable bonds is 5. The third-order valence-electron chi connectivity index (χ3n) is 2.21. The summed E-state index contributed by atoms with van der Waals surface area (Å²) < 4.78 is 10.2. The van der Waals surface area contributed by atoms with E-state index in [1.807, 2.05) is 6.92 Å². The van der Waals surface area contributed by atoms with Crippen molar-refractivity contribution in [3.8, 4) is 0 Å². The van der Waals surface area contributed by atoms with Crippen LogP contribution >= 0.6 is 0 Å². The monoisotopic (exact) mass is 202 g/mol. The summed E-state index contributed by atoms with van der Waals surface area (Å²) in [4.78, 5) is 11.5. The van der Waals surface area contributed by atoms with Crippen LogP contribution < -0.4 is 11.1 Å². The minimum absolute atomic E-state index is 0.0327. The zero-order valence-electron chi connectivity index (χ0n) is 8.49. The molecule has 1 aliphatic rings. The average Bonchev–Trinajstić information content (AvgIpc) is 2.59. The van der Waals surface area contributed by atoms with Crippen LogP contribution in [0, 0.1) is 5.92 Å². The summed E-state index contributed by atoms with van der Waals surface area (Å²) in [6.07, 6.45) is 0. The highest BCUT2D eigenvalue weighted by Gasteiger charge is 2.30. The molecule has 1 rings (SSSR count). The second kappa shape index (κ2) is 5.95. The molecule has 0 radical (unpaired) electrons. The van der Waals surface area contributed by atoms with E-state index in [0.29, 0.717) is 33.0 Å². The zero-order chi connectivity index (χ0) is 10.4. The maximum atomic E-state index is 11.5. The lowest BCUT2D eigenvalue weighted by Crippen LogP contribution is -2.41. The van der Waals surface area contributed by atoms with Crippen LogP contribution in [0.4, 0.5) is 0 Å². The summed E-state index contributed by atoms with van der Waals surface area (Å²) in [5.74, 6) is -0.230. The van der Waals surface area contributed by atoms with Crippen molar-refractivity contribution in [1.82, 2.24) is 5.32 Å². The molecule has 0 saturated carbocycles. The Labute approximate surface area is 83.9 Å². The molecule has 0 aromatic heterocycles. The van der Waals surface area contributed by atoms with E-state index in [2.05, 4.69) is 5.32 Å². The Bertz CT molecular complexity index is 187. The van der Waals surface area contributed by atoms with Crippen molar-refractivity contribution in [3.05, 3.63) is 0 Å². The van der Waals surface area contributed by atoms with Crippen LogP contribution in [0.15, 0.2) is 0 Å². The first-order valence-corrected chi connectivity index (χ1v) is 4.94. The van der Waals surface area contributed by atoms with Crippen LogP contribution in [0.25, 0.3) is 0 Å². The molecule has 5 nitrogen and oxygen atoms in total. The van der Waals surface area contributed by atoms with E-state index in [1.54, 1.807) is 0 Å². The summed E-state index contributed by atoms with van der Waals surface area (Å²) >= 11 is 0. The van der Waals surface area contributed by atoms with Crippen molar-refractivity contribution < 1.29 is 14.3 Å². The van der Waals surface area contributed by atoms with Gasteiger partial charge in [0.25, 0.3) is 0 Å². The molecule has 1 aliphatic heterocycles. The molecule has 14 heavy (non-hydrogen) atoms. The van der Waals surface area contributed by atoms with Gasteiger partial charge in [-0.05, 0) is 6.92 Å². The van der Waals surface area contributed by atoms with Crippen LogP contribution in [0.3, 0.4) is 0 Å². The van der Waals surface area contributed by atoms with Crippen LogP contribution in [0.1, 0.15) is 6.92 Å². The first-order valence-electron chi connectivity index (χ1n) is 4.94. The van der Waals surface area contributed by atoms with Gasteiger partial charge in [0.05, 0.1) is 25.7 Å². The second-order valence-corrected chi connectivity index (χ2v) is 3.30. The predicted octanol–water partition coefficient (Wildman–Crippen LogP) is -0.887. The van der Waals surface area contributed by atoms with Gasteiger partial charge < -0.3 is 20.5 Å². The molecule has 1 amide bonds. The molecule has 0 bridgehead atoms. The van der Waals surface area contributed by atoms with Crippen LogP contribution in [-0.4, -0.2) is 44.9 Å². The van der Waals surface area contributed by atoms with Gasteiger partial charge in [-0.25, -0.2) is 0 Å². The minimum atomic E-state index is -0.198. The lowest BCUT2D eigenvalue weighted by molar-refractivity contribution is -0.125. The maximum absolute atomic E-state index is 11.5. The molecule has 0 aliphatic carbocycles. The first-order chi connectivity index (χ1) is 6.75. The fraction of sp³-hybridized carbons (Fsp3) is 0.889. The fourth-order valence-corrected chi connectivity index (χ4v) is 1.36. The lowest BCUT2D eigenvalue weighted by atomic mass is 10.0. The Hall–Kier alpha value is -0.650. The smallest absolute Gasteiger partial charge is 0.227 e. The Morgan fingerprint density at radius 3 is 3.00 bits per heavy atom. The lowest BCUT2D eigenvalue weighted by Gasteiger charge is -2.12. The SMILES string of the molecule is CCOCCNC(=O)C1COCC1N. The Morgan fingerprint density at radius 2 is 2.43 bits per heavy atom. The Morgan fingerprint density at radius 1 is 1.64 bits per heavy atom. The first kappa shape index (κ1) is 11.4. The van der Waals surface area contributed by atoms with Crippen molar-refractivity contribution in [2.45, 2.75) is 13.0 Å². The predicted molar refractivity (Wildman–Crippen MR) is 51.8 cm³/mol. The minimum Gasteiger partial charge on any atom is -0.380 e. The van der Waals surface area contributed by atoms with Crippen LogP contribution in [-0.2, 0) is 14.3 Å². The third-order valence-corrected chi connectivity index (χ3v) is 2.21. The Kier molecular flexibility index (Phi) is 4.86.